The summed E-state index contributed by atoms with van der Waals surface area (Å²) in [5.41, 5.74) is 1.24. The smallest absolute Gasteiger partial charge is 0.140 e. The highest BCUT2D eigenvalue weighted by Gasteiger charge is 2.25. The third-order valence-electron chi connectivity index (χ3n) is 4.98. The van der Waals surface area contributed by atoms with Gasteiger partial charge in [-0.25, -0.2) is 9.97 Å². The van der Waals surface area contributed by atoms with Gasteiger partial charge in [-0.3, -0.25) is 4.68 Å². The van der Waals surface area contributed by atoms with Crippen LogP contribution in [0, 0.1) is 0 Å². The highest BCUT2D eigenvalue weighted by molar-refractivity contribution is 7.18. The molecule has 0 atom stereocenters. The number of rotatable bonds is 5. The van der Waals surface area contributed by atoms with Gasteiger partial charge in [-0.05, 0) is 31.4 Å². The van der Waals surface area contributed by atoms with Gasteiger partial charge in [-0.2, -0.15) is 5.10 Å². The fourth-order valence-electron chi connectivity index (χ4n) is 3.68. The van der Waals surface area contributed by atoms with Crippen molar-refractivity contribution in [3.8, 4) is 0 Å². The standard InChI is InChI=1S/C18H23N5OS/c1-2-14-11-15-17(19-12-20-18(15)25-14)22-7-4-13(5-8-22)16-3-6-21-23(16)9-10-24/h3,6,11-13,24H,2,4-5,7-10H2,1H3. The number of anilines is 1. The first-order valence-electron chi connectivity index (χ1n) is 8.91. The molecule has 0 radical (unpaired) electrons. The van der Waals surface area contributed by atoms with E-state index >= 15 is 0 Å². The number of aliphatic hydroxyl groups is 1. The van der Waals surface area contributed by atoms with Crippen LogP contribution < -0.4 is 4.90 Å². The number of piperidine rings is 1. The average Bonchev–Trinajstić information content (AvgIpc) is 3.28. The normalized spacial score (nSPS) is 16.0. The SMILES string of the molecule is CCc1cc2c(N3CCC(c4ccnn4CCO)CC3)ncnc2s1. The maximum Gasteiger partial charge on any atom is 0.140 e. The Morgan fingerprint density at radius 2 is 2.12 bits per heavy atom. The largest absolute Gasteiger partial charge is 0.394 e. The summed E-state index contributed by atoms with van der Waals surface area (Å²) in [5.74, 6) is 1.57. The number of hydrogen-bond donors (Lipinski definition) is 1. The van der Waals surface area contributed by atoms with Gasteiger partial charge in [0, 0.05) is 35.8 Å². The lowest BCUT2D eigenvalue weighted by Gasteiger charge is -2.33. The van der Waals surface area contributed by atoms with Crippen LogP contribution in [0.5, 0.6) is 0 Å². The van der Waals surface area contributed by atoms with Crippen molar-refractivity contribution >= 4 is 27.4 Å². The van der Waals surface area contributed by atoms with Gasteiger partial charge in [0.1, 0.15) is 17.0 Å². The Morgan fingerprint density at radius 3 is 2.88 bits per heavy atom. The summed E-state index contributed by atoms with van der Waals surface area (Å²) in [6.45, 7) is 4.85. The van der Waals surface area contributed by atoms with E-state index in [-0.39, 0.29) is 6.61 Å². The van der Waals surface area contributed by atoms with Gasteiger partial charge < -0.3 is 10.0 Å². The number of hydrogen-bond acceptors (Lipinski definition) is 6. The van der Waals surface area contributed by atoms with Crippen LogP contribution in [-0.4, -0.2) is 44.6 Å². The lowest BCUT2D eigenvalue weighted by Crippen LogP contribution is -2.34. The summed E-state index contributed by atoms with van der Waals surface area (Å²) in [6.07, 6.45) is 6.72. The summed E-state index contributed by atoms with van der Waals surface area (Å²) >= 11 is 1.77. The molecule has 132 valence electrons. The van der Waals surface area contributed by atoms with E-state index in [1.54, 1.807) is 17.7 Å². The second-order valence-electron chi connectivity index (χ2n) is 6.45. The van der Waals surface area contributed by atoms with Gasteiger partial charge >= 0.3 is 0 Å². The Labute approximate surface area is 151 Å². The van der Waals surface area contributed by atoms with Crippen LogP contribution in [0.1, 0.15) is 36.3 Å². The number of aromatic nitrogens is 4. The minimum absolute atomic E-state index is 0.129. The van der Waals surface area contributed by atoms with Crippen LogP contribution in [0.15, 0.2) is 24.7 Å². The number of fused-ring (bicyclic) bond motifs is 1. The summed E-state index contributed by atoms with van der Waals surface area (Å²) in [6, 6.07) is 4.34. The van der Waals surface area contributed by atoms with Crippen molar-refractivity contribution in [2.45, 2.75) is 38.6 Å². The zero-order chi connectivity index (χ0) is 17.2. The molecular formula is C18H23N5OS. The maximum absolute atomic E-state index is 9.19. The van der Waals surface area contributed by atoms with Crippen molar-refractivity contribution in [2.24, 2.45) is 0 Å². The van der Waals surface area contributed by atoms with Crippen molar-refractivity contribution in [2.75, 3.05) is 24.6 Å². The Bertz CT molecular complexity index is 850. The summed E-state index contributed by atoms with van der Waals surface area (Å²) in [5, 5.41) is 14.7. The minimum Gasteiger partial charge on any atom is -0.394 e. The van der Waals surface area contributed by atoms with E-state index in [1.165, 1.54) is 16.0 Å². The molecule has 25 heavy (non-hydrogen) atoms. The molecule has 0 amide bonds. The van der Waals surface area contributed by atoms with Crippen molar-refractivity contribution < 1.29 is 5.11 Å². The molecule has 4 rings (SSSR count). The molecule has 1 fully saturated rings. The van der Waals surface area contributed by atoms with Gasteiger partial charge in [-0.15, -0.1) is 11.3 Å². The monoisotopic (exact) mass is 357 g/mol. The van der Waals surface area contributed by atoms with E-state index < -0.39 is 0 Å². The predicted octanol–water partition coefficient (Wildman–Crippen LogP) is 2.83. The van der Waals surface area contributed by atoms with Crippen LogP contribution in [0.25, 0.3) is 10.2 Å². The van der Waals surface area contributed by atoms with Crippen LogP contribution in [-0.2, 0) is 13.0 Å². The first kappa shape index (κ1) is 16.5. The maximum atomic E-state index is 9.19. The van der Waals surface area contributed by atoms with Gasteiger partial charge in [0.2, 0.25) is 0 Å². The van der Waals surface area contributed by atoms with Crippen LogP contribution in [0.2, 0.25) is 0 Å². The first-order chi connectivity index (χ1) is 12.3. The number of aliphatic hydroxyl groups excluding tert-OH is 1. The Kier molecular flexibility index (Phi) is 4.67. The summed E-state index contributed by atoms with van der Waals surface area (Å²) < 4.78 is 1.94. The van der Waals surface area contributed by atoms with E-state index in [9.17, 15) is 5.11 Å². The zero-order valence-electron chi connectivity index (χ0n) is 14.4. The Hall–Kier alpha value is -1.99. The van der Waals surface area contributed by atoms with Gasteiger partial charge in [0.15, 0.2) is 0 Å². The second kappa shape index (κ2) is 7.09. The van der Waals surface area contributed by atoms with Gasteiger partial charge in [0.05, 0.1) is 18.5 Å². The first-order valence-corrected chi connectivity index (χ1v) is 9.72. The number of thiophene rings is 1. The van der Waals surface area contributed by atoms with Gasteiger partial charge in [-0.1, -0.05) is 6.92 Å². The molecule has 0 aromatic carbocycles. The van der Waals surface area contributed by atoms with E-state index in [2.05, 4.69) is 39.0 Å². The topological polar surface area (TPSA) is 67.1 Å². The molecule has 0 spiro atoms. The van der Waals surface area contributed by atoms with Crippen LogP contribution in [0.4, 0.5) is 5.82 Å². The van der Waals surface area contributed by atoms with Crippen LogP contribution >= 0.6 is 11.3 Å². The molecule has 3 aromatic rings. The molecule has 4 heterocycles. The van der Waals surface area contributed by atoms with Gasteiger partial charge in [0.25, 0.3) is 0 Å². The van der Waals surface area contributed by atoms with Crippen molar-refractivity contribution in [3.63, 3.8) is 0 Å². The van der Waals surface area contributed by atoms with Crippen molar-refractivity contribution in [3.05, 3.63) is 35.2 Å². The van der Waals surface area contributed by atoms with Crippen molar-refractivity contribution in [1.82, 2.24) is 19.7 Å². The highest BCUT2D eigenvalue weighted by atomic mass is 32.1. The molecule has 0 saturated carbocycles. The number of nitrogens with zero attached hydrogens (tertiary/aromatic N) is 5. The quantitative estimate of drug-likeness (QED) is 0.760. The third kappa shape index (κ3) is 3.14. The van der Waals surface area contributed by atoms with E-state index in [1.807, 2.05) is 10.9 Å². The van der Waals surface area contributed by atoms with E-state index in [4.69, 9.17) is 0 Å². The minimum atomic E-state index is 0.129. The highest BCUT2D eigenvalue weighted by Crippen LogP contribution is 2.34. The Morgan fingerprint density at radius 1 is 1.28 bits per heavy atom. The third-order valence-corrected chi connectivity index (χ3v) is 6.17. The molecule has 1 N–H and O–H groups in total. The van der Waals surface area contributed by atoms with Crippen LogP contribution in [0.3, 0.4) is 0 Å². The Balaban J connectivity index is 1.52. The number of aryl methyl sites for hydroxylation is 1. The molecule has 0 aliphatic carbocycles. The fourth-order valence-corrected chi connectivity index (χ4v) is 4.61. The predicted molar refractivity (Wildman–Crippen MR) is 100 cm³/mol. The molecule has 0 bridgehead atoms. The van der Waals surface area contributed by atoms with E-state index in [0.29, 0.717) is 12.5 Å². The zero-order valence-corrected chi connectivity index (χ0v) is 15.2. The van der Waals surface area contributed by atoms with E-state index in [0.717, 1.165) is 43.0 Å². The molecule has 1 saturated heterocycles. The average molecular weight is 357 g/mol. The molecule has 7 heteroatoms. The summed E-state index contributed by atoms with van der Waals surface area (Å²) in [4.78, 5) is 13.9. The molecule has 1 aliphatic heterocycles. The molecular weight excluding hydrogens is 334 g/mol. The fraction of sp³-hybridized carbons (Fsp3) is 0.500. The lowest BCUT2D eigenvalue weighted by molar-refractivity contribution is 0.265. The molecule has 3 aromatic heterocycles. The van der Waals surface area contributed by atoms with Crippen molar-refractivity contribution in [1.29, 1.82) is 0 Å². The molecule has 6 nitrogen and oxygen atoms in total. The summed E-state index contributed by atoms with van der Waals surface area (Å²) in [7, 11) is 0. The molecule has 1 aliphatic rings. The molecule has 0 unspecified atom stereocenters. The lowest BCUT2D eigenvalue weighted by atomic mass is 9.93. The second-order valence-corrected chi connectivity index (χ2v) is 7.56.